The number of aromatic nitrogens is 3. The van der Waals surface area contributed by atoms with Crippen LogP contribution >= 0.6 is 15.9 Å². The predicted octanol–water partition coefficient (Wildman–Crippen LogP) is 1.72. The van der Waals surface area contributed by atoms with E-state index >= 15 is 0 Å². The standard InChI is InChI=1S/C12H15BrN4O2S/c1-10-9-11(3-4-12(10)13)20(18,19)15-5-2-7-17-8-6-14-16-17/h3-4,6,8-9,15H,2,5,7H2,1H3. The average molecular weight is 359 g/mol. The van der Waals surface area contributed by atoms with Crippen molar-refractivity contribution in [1.29, 1.82) is 0 Å². The van der Waals surface area contributed by atoms with Gasteiger partial charge in [0.05, 0.1) is 11.1 Å². The molecule has 0 spiro atoms. The van der Waals surface area contributed by atoms with Crippen LogP contribution in [0.2, 0.25) is 0 Å². The highest BCUT2D eigenvalue weighted by Crippen LogP contribution is 2.19. The highest BCUT2D eigenvalue weighted by molar-refractivity contribution is 9.10. The van der Waals surface area contributed by atoms with Gasteiger partial charge in [0.25, 0.3) is 0 Å². The monoisotopic (exact) mass is 358 g/mol. The van der Waals surface area contributed by atoms with Crippen LogP contribution < -0.4 is 4.72 Å². The number of nitrogens with zero attached hydrogens (tertiary/aromatic N) is 3. The summed E-state index contributed by atoms with van der Waals surface area (Å²) in [4.78, 5) is 0.277. The second kappa shape index (κ2) is 6.47. The maximum atomic E-state index is 12.1. The summed E-state index contributed by atoms with van der Waals surface area (Å²) in [6.07, 6.45) is 3.99. The van der Waals surface area contributed by atoms with Gasteiger partial charge < -0.3 is 0 Å². The molecule has 20 heavy (non-hydrogen) atoms. The van der Waals surface area contributed by atoms with E-state index in [-0.39, 0.29) is 4.90 Å². The van der Waals surface area contributed by atoms with Crippen molar-refractivity contribution < 1.29 is 8.42 Å². The predicted molar refractivity (Wildman–Crippen MR) is 78.7 cm³/mol. The van der Waals surface area contributed by atoms with Gasteiger partial charge in [0, 0.05) is 23.8 Å². The molecule has 2 rings (SSSR count). The molecule has 1 heterocycles. The smallest absolute Gasteiger partial charge is 0.240 e. The van der Waals surface area contributed by atoms with E-state index < -0.39 is 10.0 Å². The fraction of sp³-hybridized carbons (Fsp3) is 0.333. The molecule has 1 aromatic heterocycles. The Morgan fingerprint density at radius 2 is 2.20 bits per heavy atom. The molecular weight excluding hydrogens is 344 g/mol. The first kappa shape index (κ1) is 15.1. The molecule has 0 aliphatic carbocycles. The molecule has 0 saturated carbocycles. The fourth-order valence-electron chi connectivity index (χ4n) is 1.67. The Labute approximate surface area is 126 Å². The number of aryl methyl sites for hydroxylation is 2. The third kappa shape index (κ3) is 3.87. The summed E-state index contributed by atoms with van der Waals surface area (Å²) in [6, 6.07) is 4.96. The summed E-state index contributed by atoms with van der Waals surface area (Å²) in [7, 11) is -3.46. The van der Waals surface area contributed by atoms with Crippen LogP contribution in [0.4, 0.5) is 0 Å². The van der Waals surface area contributed by atoms with Crippen molar-refractivity contribution in [1.82, 2.24) is 19.7 Å². The van der Waals surface area contributed by atoms with Crippen molar-refractivity contribution >= 4 is 26.0 Å². The third-order valence-corrected chi connectivity index (χ3v) is 5.12. The highest BCUT2D eigenvalue weighted by atomic mass is 79.9. The molecule has 108 valence electrons. The molecule has 0 fully saturated rings. The van der Waals surface area contributed by atoms with Crippen molar-refractivity contribution in [2.45, 2.75) is 24.8 Å². The largest absolute Gasteiger partial charge is 0.253 e. The lowest BCUT2D eigenvalue weighted by Gasteiger charge is -2.08. The number of rotatable bonds is 6. The van der Waals surface area contributed by atoms with Crippen LogP contribution in [-0.4, -0.2) is 30.0 Å². The lowest BCUT2D eigenvalue weighted by molar-refractivity contribution is 0.542. The Kier molecular flexibility index (Phi) is 4.90. The topological polar surface area (TPSA) is 76.9 Å². The number of benzene rings is 1. The van der Waals surface area contributed by atoms with Crippen molar-refractivity contribution in [2.24, 2.45) is 0 Å². The van der Waals surface area contributed by atoms with Crippen LogP contribution in [0.1, 0.15) is 12.0 Å². The van der Waals surface area contributed by atoms with Crippen LogP contribution in [-0.2, 0) is 16.6 Å². The van der Waals surface area contributed by atoms with Gasteiger partial charge in [-0.05, 0) is 37.1 Å². The Morgan fingerprint density at radius 3 is 2.85 bits per heavy atom. The Bertz CT molecular complexity index is 671. The summed E-state index contributed by atoms with van der Waals surface area (Å²) in [5.74, 6) is 0. The Hall–Kier alpha value is -1.25. The minimum absolute atomic E-state index is 0.277. The van der Waals surface area contributed by atoms with Gasteiger partial charge in [-0.15, -0.1) is 5.10 Å². The molecule has 8 heteroatoms. The summed E-state index contributed by atoms with van der Waals surface area (Å²) >= 11 is 3.35. The number of sulfonamides is 1. The van der Waals surface area contributed by atoms with Crippen LogP contribution in [0.25, 0.3) is 0 Å². The molecule has 1 aromatic carbocycles. The van der Waals surface area contributed by atoms with Crippen LogP contribution in [0.3, 0.4) is 0 Å². The van der Waals surface area contributed by atoms with E-state index in [1.807, 2.05) is 6.92 Å². The Balaban J connectivity index is 1.92. The van der Waals surface area contributed by atoms with Crippen molar-refractivity contribution in [3.8, 4) is 0 Å². The number of hydrogen-bond acceptors (Lipinski definition) is 4. The fourth-order valence-corrected chi connectivity index (χ4v) is 3.07. The number of halogens is 1. The number of nitrogens with one attached hydrogen (secondary N) is 1. The molecule has 0 aliphatic heterocycles. The quantitative estimate of drug-likeness (QED) is 0.797. The van der Waals surface area contributed by atoms with E-state index in [0.29, 0.717) is 19.5 Å². The summed E-state index contributed by atoms with van der Waals surface area (Å²) in [5.41, 5.74) is 0.885. The zero-order valence-electron chi connectivity index (χ0n) is 11.0. The lowest BCUT2D eigenvalue weighted by atomic mass is 10.2. The van der Waals surface area contributed by atoms with Gasteiger partial charge in [-0.25, -0.2) is 13.1 Å². The van der Waals surface area contributed by atoms with Gasteiger partial charge in [-0.3, -0.25) is 4.68 Å². The normalized spacial score (nSPS) is 11.7. The molecular formula is C12H15BrN4O2S. The van der Waals surface area contributed by atoms with Gasteiger partial charge in [0.15, 0.2) is 0 Å². The summed E-state index contributed by atoms with van der Waals surface area (Å²) < 4.78 is 29.3. The second-order valence-electron chi connectivity index (χ2n) is 4.33. The van der Waals surface area contributed by atoms with E-state index in [4.69, 9.17) is 0 Å². The molecule has 0 bridgehead atoms. The molecule has 0 aliphatic rings. The SMILES string of the molecule is Cc1cc(S(=O)(=O)NCCCn2ccnn2)ccc1Br. The minimum Gasteiger partial charge on any atom is -0.253 e. The summed E-state index contributed by atoms with van der Waals surface area (Å²) in [6.45, 7) is 2.84. The van der Waals surface area contributed by atoms with E-state index in [2.05, 4.69) is 31.0 Å². The zero-order valence-corrected chi connectivity index (χ0v) is 13.4. The Morgan fingerprint density at radius 1 is 1.40 bits per heavy atom. The van der Waals surface area contributed by atoms with Crippen molar-refractivity contribution in [2.75, 3.05) is 6.54 Å². The van der Waals surface area contributed by atoms with Crippen molar-refractivity contribution in [3.05, 3.63) is 40.6 Å². The molecule has 1 N–H and O–H groups in total. The van der Waals surface area contributed by atoms with E-state index in [1.165, 1.54) is 0 Å². The first-order valence-electron chi connectivity index (χ1n) is 6.09. The first-order chi connectivity index (χ1) is 9.49. The van der Waals surface area contributed by atoms with E-state index in [0.717, 1.165) is 10.0 Å². The van der Waals surface area contributed by atoms with Gasteiger partial charge in [0.2, 0.25) is 10.0 Å². The maximum Gasteiger partial charge on any atom is 0.240 e. The first-order valence-corrected chi connectivity index (χ1v) is 8.36. The van der Waals surface area contributed by atoms with E-state index in [1.54, 1.807) is 35.3 Å². The summed E-state index contributed by atoms with van der Waals surface area (Å²) in [5, 5.41) is 7.50. The van der Waals surface area contributed by atoms with Crippen LogP contribution in [0.15, 0.2) is 40.0 Å². The minimum atomic E-state index is -3.46. The molecule has 2 aromatic rings. The van der Waals surface area contributed by atoms with Crippen LogP contribution in [0.5, 0.6) is 0 Å². The van der Waals surface area contributed by atoms with Gasteiger partial charge in [0.1, 0.15) is 0 Å². The zero-order chi connectivity index (χ0) is 14.6. The lowest BCUT2D eigenvalue weighted by Crippen LogP contribution is -2.25. The average Bonchev–Trinajstić information content (AvgIpc) is 2.91. The van der Waals surface area contributed by atoms with Gasteiger partial charge in [-0.2, -0.15) is 0 Å². The number of hydrogen-bond donors (Lipinski definition) is 1. The highest BCUT2D eigenvalue weighted by Gasteiger charge is 2.13. The van der Waals surface area contributed by atoms with Crippen molar-refractivity contribution in [3.63, 3.8) is 0 Å². The molecule has 0 radical (unpaired) electrons. The maximum absolute atomic E-state index is 12.1. The molecule has 0 atom stereocenters. The van der Waals surface area contributed by atoms with Crippen LogP contribution in [0, 0.1) is 6.92 Å². The third-order valence-electron chi connectivity index (χ3n) is 2.77. The van der Waals surface area contributed by atoms with Gasteiger partial charge in [-0.1, -0.05) is 21.1 Å². The van der Waals surface area contributed by atoms with Gasteiger partial charge >= 0.3 is 0 Å². The molecule has 0 unspecified atom stereocenters. The second-order valence-corrected chi connectivity index (χ2v) is 6.95. The molecule has 6 nitrogen and oxygen atoms in total. The van der Waals surface area contributed by atoms with E-state index in [9.17, 15) is 8.42 Å². The molecule has 0 saturated heterocycles. The molecule has 0 amide bonds.